The lowest BCUT2D eigenvalue weighted by Gasteiger charge is -2.19. The molecule has 0 bridgehead atoms. The predicted octanol–water partition coefficient (Wildman–Crippen LogP) is 0.0737. The topological polar surface area (TPSA) is 52.5 Å². The van der Waals surface area contributed by atoms with Crippen LogP contribution in [0, 0.1) is 0 Å². The van der Waals surface area contributed by atoms with Crippen LogP contribution in [0.15, 0.2) is 0 Å². The summed E-state index contributed by atoms with van der Waals surface area (Å²) in [5, 5.41) is 20.9. The van der Waals surface area contributed by atoms with E-state index in [1.165, 1.54) is 0 Å². The molecule has 0 aliphatic rings. The third-order valence-electron chi connectivity index (χ3n) is 1.57. The fourth-order valence-electron chi connectivity index (χ4n) is 0.561. The van der Waals surface area contributed by atoms with Gasteiger partial charge in [-0.1, -0.05) is 6.92 Å². The minimum atomic E-state index is -0.496. The van der Waals surface area contributed by atoms with Gasteiger partial charge < -0.3 is 10.2 Å². The van der Waals surface area contributed by atoms with Crippen molar-refractivity contribution >= 4 is 0 Å². The Balaban J connectivity index is 3.46. The van der Waals surface area contributed by atoms with Crippen LogP contribution in [-0.4, -0.2) is 28.6 Å². The highest BCUT2D eigenvalue weighted by Crippen LogP contribution is 1.93. The quantitative estimate of drug-likeness (QED) is 0.493. The van der Waals surface area contributed by atoms with Crippen molar-refractivity contribution < 1.29 is 10.2 Å². The first-order valence-electron chi connectivity index (χ1n) is 3.70. The van der Waals surface area contributed by atoms with Crippen LogP contribution in [0.4, 0.5) is 0 Å². The highest BCUT2D eigenvalue weighted by Gasteiger charge is 2.10. The van der Waals surface area contributed by atoms with Gasteiger partial charge in [0.05, 0.1) is 6.10 Å². The summed E-state index contributed by atoms with van der Waals surface area (Å²) in [7, 11) is 0. The molecule has 62 valence electrons. The monoisotopic (exact) mass is 147 g/mol. The maximum atomic E-state index is 9.06. The fraction of sp³-hybridized carbons (Fsp3) is 1.00. The molecule has 0 aromatic heterocycles. The zero-order valence-electron chi connectivity index (χ0n) is 6.83. The smallest absolute Gasteiger partial charge is 0.104 e. The molecular weight excluding hydrogens is 130 g/mol. The molecule has 0 aliphatic heterocycles. The first kappa shape index (κ1) is 9.88. The second-order valence-corrected chi connectivity index (χ2v) is 2.62. The summed E-state index contributed by atoms with van der Waals surface area (Å²) in [5.74, 6) is 0. The van der Waals surface area contributed by atoms with Gasteiger partial charge in [0.15, 0.2) is 0 Å². The Hall–Kier alpha value is -0.120. The van der Waals surface area contributed by atoms with Gasteiger partial charge in [-0.2, -0.15) is 0 Å². The van der Waals surface area contributed by atoms with E-state index in [1.54, 1.807) is 6.92 Å². The van der Waals surface area contributed by atoms with Crippen LogP contribution in [0.1, 0.15) is 27.2 Å². The Morgan fingerprint density at radius 2 is 1.80 bits per heavy atom. The predicted molar refractivity (Wildman–Crippen MR) is 40.6 cm³/mol. The lowest BCUT2D eigenvalue weighted by Crippen LogP contribution is -2.42. The minimum Gasteiger partial charge on any atom is -0.392 e. The summed E-state index contributed by atoms with van der Waals surface area (Å²) >= 11 is 0. The molecule has 0 saturated carbocycles. The number of rotatable bonds is 4. The molecule has 0 spiro atoms. The van der Waals surface area contributed by atoms with E-state index in [0.29, 0.717) is 6.42 Å². The third-order valence-corrected chi connectivity index (χ3v) is 1.57. The van der Waals surface area contributed by atoms with Gasteiger partial charge in [-0.25, -0.2) is 0 Å². The molecule has 0 amide bonds. The molecule has 0 radical (unpaired) electrons. The van der Waals surface area contributed by atoms with E-state index >= 15 is 0 Å². The van der Waals surface area contributed by atoms with E-state index < -0.39 is 12.3 Å². The molecule has 0 heterocycles. The summed E-state index contributed by atoms with van der Waals surface area (Å²) in [5.41, 5.74) is 0. The largest absolute Gasteiger partial charge is 0.392 e. The molecule has 0 saturated heterocycles. The molecule has 3 heteroatoms. The highest BCUT2D eigenvalue weighted by atomic mass is 16.3. The first-order chi connectivity index (χ1) is 4.57. The number of hydrogen-bond donors (Lipinski definition) is 3. The average molecular weight is 147 g/mol. The van der Waals surface area contributed by atoms with Crippen molar-refractivity contribution in [2.45, 2.75) is 45.6 Å². The standard InChI is InChI=1S/C7H17NO2/c1-4-7(10)8-5(2)6(3)9/h5-10H,4H2,1-3H3. The first-order valence-corrected chi connectivity index (χ1v) is 3.70. The Bertz CT molecular complexity index is 85.7. The summed E-state index contributed by atoms with van der Waals surface area (Å²) in [4.78, 5) is 0. The Kier molecular flexibility index (Phi) is 4.60. The van der Waals surface area contributed by atoms with Crippen molar-refractivity contribution in [3.05, 3.63) is 0 Å². The van der Waals surface area contributed by atoms with Gasteiger partial charge in [0.2, 0.25) is 0 Å². The van der Waals surface area contributed by atoms with Crippen LogP contribution in [0.5, 0.6) is 0 Å². The summed E-state index contributed by atoms with van der Waals surface area (Å²) in [6, 6.07) is -0.0463. The molecule has 0 aromatic rings. The molecular formula is C7H17NO2. The van der Waals surface area contributed by atoms with Crippen LogP contribution in [0.2, 0.25) is 0 Å². The maximum absolute atomic E-state index is 9.06. The van der Waals surface area contributed by atoms with Crippen molar-refractivity contribution in [3.8, 4) is 0 Å². The summed E-state index contributed by atoms with van der Waals surface area (Å²) in [6.45, 7) is 5.41. The van der Waals surface area contributed by atoms with Crippen LogP contribution < -0.4 is 5.32 Å². The van der Waals surface area contributed by atoms with Crippen LogP contribution in [0.3, 0.4) is 0 Å². The lowest BCUT2D eigenvalue weighted by molar-refractivity contribution is 0.0769. The van der Waals surface area contributed by atoms with Gasteiger partial charge in [-0.05, 0) is 20.3 Å². The second-order valence-electron chi connectivity index (χ2n) is 2.62. The van der Waals surface area contributed by atoms with Gasteiger partial charge in [0.25, 0.3) is 0 Å². The van der Waals surface area contributed by atoms with E-state index in [2.05, 4.69) is 5.32 Å². The van der Waals surface area contributed by atoms with E-state index in [4.69, 9.17) is 10.2 Å². The molecule has 3 unspecified atom stereocenters. The van der Waals surface area contributed by atoms with Gasteiger partial charge in [0.1, 0.15) is 6.23 Å². The van der Waals surface area contributed by atoms with Crippen LogP contribution in [-0.2, 0) is 0 Å². The molecule has 0 rings (SSSR count). The Labute approximate surface area is 62.1 Å². The normalized spacial score (nSPS) is 20.1. The van der Waals surface area contributed by atoms with E-state index in [-0.39, 0.29) is 6.04 Å². The van der Waals surface area contributed by atoms with Gasteiger partial charge in [-0.3, -0.25) is 5.32 Å². The second kappa shape index (κ2) is 4.66. The van der Waals surface area contributed by atoms with Gasteiger partial charge >= 0.3 is 0 Å². The molecule has 3 N–H and O–H groups in total. The van der Waals surface area contributed by atoms with E-state index in [9.17, 15) is 0 Å². The Morgan fingerprint density at radius 3 is 2.10 bits per heavy atom. The van der Waals surface area contributed by atoms with Crippen molar-refractivity contribution in [3.63, 3.8) is 0 Å². The molecule has 3 nitrogen and oxygen atoms in total. The zero-order chi connectivity index (χ0) is 8.15. The van der Waals surface area contributed by atoms with Crippen molar-refractivity contribution in [2.75, 3.05) is 0 Å². The fourth-order valence-corrected chi connectivity index (χ4v) is 0.561. The van der Waals surface area contributed by atoms with Gasteiger partial charge in [0, 0.05) is 6.04 Å². The number of aliphatic hydroxyl groups excluding tert-OH is 2. The minimum absolute atomic E-state index is 0.0463. The van der Waals surface area contributed by atoms with Crippen LogP contribution in [0.25, 0.3) is 0 Å². The number of hydrogen-bond acceptors (Lipinski definition) is 3. The van der Waals surface area contributed by atoms with Crippen LogP contribution >= 0.6 is 0 Å². The number of nitrogens with one attached hydrogen (secondary N) is 1. The highest BCUT2D eigenvalue weighted by molar-refractivity contribution is 4.67. The van der Waals surface area contributed by atoms with Crippen molar-refractivity contribution in [1.29, 1.82) is 0 Å². The average Bonchev–Trinajstić information content (AvgIpc) is 1.87. The van der Waals surface area contributed by atoms with Gasteiger partial charge in [-0.15, -0.1) is 0 Å². The Morgan fingerprint density at radius 1 is 1.30 bits per heavy atom. The van der Waals surface area contributed by atoms with E-state index in [1.807, 2.05) is 13.8 Å². The lowest BCUT2D eigenvalue weighted by atomic mass is 10.2. The molecule has 0 aliphatic carbocycles. The van der Waals surface area contributed by atoms with Crippen molar-refractivity contribution in [2.24, 2.45) is 0 Å². The van der Waals surface area contributed by atoms with Crippen molar-refractivity contribution in [1.82, 2.24) is 5.32 Å². The molecule has 0 fully saturated rings. The SMILES string of the molecule is CCC(O)NC(C)C(C)O. The van der Waals surface area contributed by atoms with E-state index in [0.717, 1.165) is 0 Å². The molecule has 10 heavy (non-hydrogen) atoms. The zero-order valence-corrected chi connectivity index (χ0v) is 6.83. The molecule has 3 atom stereocenters. The maximum Gasteiger partial charge on any atom is 0.104 e. The summed E-state index contributed by atoms with van der Waals surface area (Å²) in [6.07, 6.45) is -0.248. The molecule has 0 aromatic carbocycles. The summed E-state index contributed by atoms with van der Waals surface area (Å²) < 4.78 is 0. The number of aliphatic hydroxyl groups is 2. The third kappa shape index (κ3) is 3.82.